The van der Waals surface area contributed by atoms with E-state index >= 15 is 0 Å². The minimum Gasteiger partial charge on any atom is -0.268 e. The lowest BCUT2D eigenvalue weighted by Gasteiger charge is -2.01. The molecule has 2 saturated carbocycles. The van der Waals surface area contributed by atoms with Crippen molar-refractivity contribution in [3.63, 3.8) is 0 Å². The molecule has 94 valence electrons. The van der Waals surface area contributed by atoms with Crippen LogP contribution in [0, 0.1) is 11.8 Å². The van der Waals surface area contributed by atoms with Gasteiger partial charge >= 0.3 is 0 Å². The molecule has 0 aromatic carbocycles. The maximum atomic E-state index is 11.2. The molecule has 5 heteroatoms. The van der Waals surface area contributed by atoms with Crippen LogP contribution in [0.15, 0.2) is 16.9 Å². The maximum Gasteiger partial charge on any atom is 0.266 e. The minimum absolute atomic E-state index is 0.0636. The van der Waals surface area contributed by atoms with Gasteiger partial charge in [-0.3, -0.25) is 4.79 Å². The molecule has 1 aromatic heterocycles. The molecule has 0 radical (unpaired) electrons. The standard InChI is InChI=1S/C8H9ClN2O.C4H7Br/c9-7-3-4-8(12)11(10-7)5-6-1-2-6;5-3-4-1-2-4/h3-4,6H,1-2,5H2;4H,1-3H2. The summed E-state index contributed by atoms with van der Waals surface area (Å²) in [6.45, 7) is 0.722. The van der Waals surface area contributed by atoms with Crippen LogP contribution in [0.3, 0.4) is 0 Å². The highest BCUT2D eigenvalue weighted by Gasteiger charge is 2.22. The van der Waals surface area contributed by atoms with Gasteiger partial charge in [0.25, 0.3) is 5.56 Å². The van der Waals surface area contributed by atoms with Crippen molar-refractivity contribution in [3.8, 4) is 0 Å². The molecule has 0 atom stereocenters. The van der Waals surface area contributed by atoms with Crippen molar-refractivity contribution in [2.24, 2.45) is 11.8 Å². The zero-order valence-electron chi connectivity index (χ0n) is 9.61. The van der Waals surface area contributed by atoms with Crippen molar-refractivity contribution in [2.45, 2.75) is 32.2 Å². The van der Waals surface area contributed by atoms with E-state index in [1.807, 2.05) is 0 Å². The number of alkyl halides is 1. The lowest BCUT2D eigenvalue weighted by molar-refractivity contribution is 0.534. The Balaban J connectivity index is 0.000000181. The highest BCUT2D eigenvalue weighted by molar-refractivity contribution is 9.09. The maximum absolute atomic E-state index is 11.2. The van der Waals surface area contributed by atoms with E-state index in [9.17, 15) is 4.79 Å². The van der Waals surface area contributed by atoms with Crippen molar-refractivity contribution in [1.29, 1.82) is 0 Å². The predicted octanol–water partition coefficient (Wildman–Crippen LogP) is 3.10. The van der Waals surface area contributed by atoms with Crippen molar-refractivity contribution < 1.29 is 0 Å². The fourth-order valence-electron chi connectivity index (χ4n) is 1.37. The third-order valence-corrected chi connectivity index (χ3v) is 3.99. The fourth-order valence-corrected chi connectivity index (χ4v) is 2.17. The summed E-state index contributed by atoms with van der Waals surface area (Å²) in [5.74, 6) is 1.70. The third-order valence-electron chi connectivity index (χ3n) is 2.88. The minimum atomic E-state index is -0.0636. The van der Waals surface area contributed by atoms with Crippen LogP contribution in [0.4, 0.5) is 0 Å². The second kappa shape index (κ2) is 6.01. The Hall–Kier alpha value is -0.350. The molecule has 0 amide bonds. The van der Waals surface area contributed by atoms with Gasteiger partial charge in [-0.2, -0.15) is 5.10 Å². The number of rotatable bonds is 3. The van der Waals surface area contributed by atoms with E-state index in [0.717, 1.165) is 12.5 Å². The summed E-state index contributed by atoms with van der Waals surface area (Å²) in [7, 11) is 0. The highest BCUT2D eigenvalue weighted by atomic mass is 79.9. The summed E-state index contributed by atoms with van der Waals surface area (Å²) in [5.41, 5.74) is -0.0636. The first-order valence-corrected chi connectivity index (χ1v) is 7.48. The first-order chi connectivity index (χ1) is 8.19. The zero-order chi connectivity index (χ0) is 12.3. The topological polar surface area (TPSA) is 34.9 Å². The SMILES string of the molecule is BrCC1CC1.O=c1ccc(Cl)nn1CC1CC1. The molecule has 2 aliphatic carbocycles. The van der Waals surface area contributed by atoms with Crippen LogP contribution in [0.5, 0.6) is 0 Å². The van der Waals surface area contributed by atoms with Crippen molar-refractivity contribution in [3.05, 3.63) is 27.6 Å². The van der Waals surface area contributed by atoms with E-state index in [0.29, 0.717) is 11.1 Å². The average molecular weight is 320 g/mol. The van der Waals surface area contributed by atoms with Crippen LogP contribution in [-0.4, -0.2) is 15.1 Å². The summed E-state index contributed by atoms with van der Waals surface area (Å²) in [6, 6.07) is 2.98. The Morgan fingerprint density at radius 1 is 1.29 bits per heavy atom. The number of hydrogen-bond donors (Lipinski definition) is 0. The molecule has 3 nitrogen and oxygen atoms in total. The smallest absolute Gasteiger partial charge is 0.266 e. The molecular weight excluding hydrogens is 304 g/mol. The van der Waals surface area contributed by atoms with Crippen LogP contribution < -0.4 is 5.56 Å². The normalized spacial score (nSPS) is 18.5. The van der Waals surface area contributed by atoms with Gasteiger partial charge in [-0.1, -0.05) is 27.5 Å². The van der Waals surface area contributed by atoms with Gasteiger partial charge in [0.2, 0.25) is 0 Å². The molecule has 1 aromatic rings. The molecule has 17 heavy (non-hydrogen) atoms. The van der Waals surface area contributed by atoms with Crippen LogP contribution >= 0.6 is 27.5 Å². The van der Waals surface area contributed by atoms with E-state index in [4.69, 9.17) is 11.6 Å². The van der Waals surface area contributed by atoms with Crippen molar-refractivity contribution >= 4 is 27.5 Å². The van der Waals surface area contributed by atoms with E-state index in [2.05, 4.69) is 21.0 Å². The van der Waals surface area contributed by atoms with Crippen LogP contribution in [0.25, 0.3) is 0 Å². The lowest BCUT2D eigenvalue weighted by atomic mass is 10.4. The fraction of sp³-hybridized carbons (Fsp3) is 0.667. The first-order valence-electron chi connectivity index (χ1n) is 5.98. The van der Waals surface area contributed by atoms with Crippen LogP contribution in [0.1, 0.15) is 25.7 Å². The number of halogens is 2. The van der Waals surface area contributed by atoms with Crippen LogP contribution in [-0.2, 0) is 6.54 Å². The van der Waals surface area contributed by atoms with Crippen LogP contribution in [0.2, 0.25) is 5.15 Å². The van der Waals surface area contributed by atoms with Gasteiger partial charge in [-0.25, -0.2) is 4.68 Å². The Bertz CT molecular complexity index is 427. The number of aromatic nitrogens is 2. The molecule has 0 spiro atoms. The van der Waals surface area contributed by atoms with E-state index in [1.54, 1.807) is 0 Å². The number of hydrogen-bond acceptors (Lipinski definition) is 2. The second-order valence-corrected chi connectivity index (χ2v) is 5.75. The van der Waals surface area contributed by atoms with E-state index in [1.165, 1.54) is 47.8 Å². The molecule has 2 aliphatic rings. The monoisotopic (exact) mass is 318 g/mol. The lowest BCUT2D eigenvalue weighted by Crippen LogP contribution is -2.22. The van der Waals surface area contributed by atoms with Gasteiger partial charge in [-0.05, 0) is 43.6 Å². The van der Waals surface area contributed by atoms with E-state index < -0.39 is 0 Å². The Morgan fingerprint density at radius 2 is 1.94 bits per heavy atom. The highest BCUT2D eigenvalue weighted by Crippen LogP contribution is 2.30. The van der Waals surface area contributed by atoms with E-state index in [-0.39, 0.29) is 5.56 Å². The van der Waals surface area contributed by atoms with Gasteiger partial charge < -0.3 is 0 Å². The van der Waals surface area contributed by atoms with Gasteiger partial charge in [0, 0.05) is 17.9 Å². The predicted molar refractivity (Wildman–Crippen MR) is 72.7 cm³/mol. The number of nitrogens with zero attached hydrogens (tertiary/aromatic N) is 2. The molecule has 0 N–H and O–H groups in total. The van der Waals surface area contributed by atoms with Gasteiger partial charge in [0.1, 0.15) is 5.15 Å². The van der Waals surface area contributed by atoms with Crippen molar-refractivity contribution in [1.82, 2.24) is 9.78 Å². The molecular formula is C12H16BrClN2O. The summed E-state index contributed by atoms with van der Waals surface area (Å²) in [6.07, 6.45) is 5.35. The molecule has 3 rings (SSSR count). The Morgan fingerprint density at radius 3 is 2.41 bits per heavy atom. The van der Waals surface area contributed by atoms with Gasteiger partial charge in [0.05, 0.1) is 0 Å². The second-order valence-electron chi connectivity index (χ2n) is 4.72. The largest absolute Gasteiger partial charge is 0.268 e. The summed E-state index contributed by atoms with van der Waals surface area (Å²) < 4.78 is 1.44. The Kier molecular flexibility index (Phi) is 4.62. The average Bonchev–Trinajstić information content (AvgIpc) is 3.16. The molecule has 0 saturated heterocycles. The summed E-state index contributed by atoms with van der Waals surface area (Å²) in [4.78, 5) is 11.2. The summed E-state index contributed by atoms with van der Waals surface area (Å²) in [5, 5.41) is 5.54. The molecule has 0 bridgehead atoms. The molecule has 0 unspecified atom stereocenters. The Labute approximate surface area is 114 Å². The van der Waals surface area contributed by atoms with Crippen molar-refractivity contribution in [2.75, 3.05) is 5.33 Å². The third kappa shape index (κ3) is 4.80. The molecule has 1 heterocycles. The van der Waals surface area contributed by atoms with Gasteiger partial charge in [0.15, 0.2) is 0 Å². The molecule has 0 aliphatic heterocycles. The molecule has 2 fully saturated rings. The van der Waals surface area contributed by atoms with Gasteiger partial charge in [-0.15, -0.1) is 0 Å². The summed E-state index contributed by atoms with van der Waals surface area (Å²) >= 11 is 9.03. The zero-order valence-corrected chi connectivity index (χ0v) is 12.0. The first kappa shape index (κ1) is 13.1. The quantitative estimate of drug-likeness (QED) is 0.802.